The molecule has 1 atom stereocenters. The number of hydrogen-bond donors (Lipinski definition) is 1. The molecule has 3 aromatic rings. The average molecular weight is 369 g/mol. The first-order valence-electron chi connectivity index (χ1n) is 8.90. The fraction of sp³-hybridized carbons (Fsp3) is 0.143. The highest BCUT2D eigenvalue weighted by Crippen LogP contribution is 2.35. The Balaban J connectivity index is 1.87. The molecule has 0 saturated carbocycles. The van der Waals surface area contributed by atoms with Crippen LogP contribution >= 0.6 is 0 Å². The van der Waals surface area contributed by atoms with Gasteiger partial charge in [-0.15, -0.1) is 0 Å². The Bertz CT molecular complexity index is 1120. The third kappa shape index (κ3) is 2.91. The molecule has 1 aromatic carbocycles. The van der Waals surface area contributed by atoms with Crippen LogP contribution in [-0.2, 0) is 0 Å². The molecule has 2 N–H and O–H groups in total. The summed E-state index contributed by atoms with van der Waals surface area (Å²) in [6.45, 7) is 6.01. The molecule has 1 unspecified atom stereocenters. The third-order valence-corrected chi connectivity index (χ3v) is 4.72. The van der Waals surface area contributed by atoms with Gasteiger partial charge < -0.3 is 10.6 Å². The zero-order valence-electron chi connectivity index (χ0n) is 15.4. The number of rotatable bonds is 4. The van der Waals surface area contributed by atoms with Crippen LogP contribution in [0.15, 0.2) is 60.6 Å². The van der Waals surface area contributed by atoms with Crippen molar-refractivity contribution in [3.8, 4) is 11.8 Å². The van der Waals surface area contributed by atoms with Gasteiger partial charge in [0, 0.05) is 24.5 Å². The lowest BCUT2D eigenvalue weighted by Crippen LogP contribution is -2.12. The van der Waals surface area contributed by atoms with Crippen molar-refractivity contribution in [1.82, 2.24) is 14.5 Å². The van der Waals surface area contributed by atoms with Gasteiger partial charge in [0.05, 0.1) is 34.4 Å². The zero-order chi connectivity index (χ0) is 19.7. The Kier molecular flexibility index (Phi) is 4.38. The summed E-state index contributed by atoms with van der Waals surface area (Å²) >= 11 is 0. The smallest absolute Gasteiger partial charge is 0.160 e. The number of nitrogens with two attached hydrogens (primary N) is 1. The third-order valence-electron chi connectivity index (χ3n) is 4.72. The van der Waals surface area contributed by atoms with Gasteiger partial charge in [-0.2, -0.15) is 5.26 Å². The van der Waals surface area contributed by atoms with Gasteiger partial charge in [-0.1, -0.05) is 13.5 Å². The van der Waals surface area contributed by atoms with E-state index in [-0.39, 0.29) is 0 Å². The molecule has 3 heterocycles. The van der Waals surface area contributed by atoms with Crippen LogP contribution in [0.4, 0.5) is 23.0 Å². The lowest BCUT2D eigenvalue weighted by Gasteiger charge is -2.22. The summed E-state index contributed by atoms with van der Waals surface area (Å²) in [7, 11) is 0. The van der Waals surface area contributed by atoms with Crippen LogP contribution in [0.1, 0.15) is 30.5 Å². The molecule has 0 radical (unpaired) electrons. The Morgan fingerprint density at radius 3 is 2.96 bits per heavy atom. The number of imidazole rings is 1. The molecule has 28 heavy (non-hydrogen) atoms. The molecule has 2 aromatic heterocycles. The van der Waals surface area contributed by atoms with Gasteiger partial charge in [-0.3, -0.25) is 4.57 Å². The van der Waals surface area contributed by atoms with E-state index in [1.807, 2.05) is 22.9 Å². The molecule has 138 valence electrons. The van der Waals surface area contributed by atoms with Crippen molar-refractivity contribution in [1.29, 1.82) is 5.26 Å². The van der Waals surface area contributed by atoms with E-state index in [9.17, 15) is 5.26 Å². The Labute approximate surface area is 163 Å². The summed E-state index contributed by atoms with van der Waals surface area (Å²) < 4.78 is 1.90. The van der Waals surface area contributed by atoms with E-state index in [0.717, 1.165) is 29.3 Å². The zero-order valence-corrected chi connectivity index (χ0v) is 15.4. The van der Waals surface area contributed by atoms with Crippen molar-refractivity contribution in [2.75, 3.05) is 10.6 Å². The number of anilines is 3. The Hall–Kier alpha value is -3.92. The van der Waals surface area contributed by atoms with Crippen LogP contribution in [0.25, 0.3) is 5.69 Å². The molecular weight excluding hydrogens is 350 g/mol. The number of nitrogen functional groups attached to an aromatic ring is 1. The van der Waals surface area contributed by atoms with E-state index >= 15 is 0 Å². The Morgan fingerprint density at radius 1 is 1.36 bits per heavy atom. The molecule has 0 amide bonds. The number of nitrogens with zero attached hydrogens (tertiary/aromatic N) is 6. The highest BCUT2D eigenvalue weighted by atomic mass is 15.2. The quantitative estimate of drug-likeness (QED) is 0.743. The van der Waals surface area contributed by atoms with Gasteiger partial charge in [0.15, 0.2) is 11.6 Å². The number of fused-ring (bicyclic) bond motifs is 1. The first-order valence-corrected chi connectivity index (χ1v) is 8.90. The molecule has 7 nitrogen and oxygen atoms in total. The van der Waals surface area contributed by atoms with Crippen LogP contribution in [0.5, 0.6) is 0 Å². The summed E-state index contributed by atoms with van der Waals surface area (Å²) in [5.41, 5.74) is 9.59. The van der Waals surface area contributed by atoms with E-state index in [4.69, 9.17) is 5.73 Å². The van der Waals surface area contributed by atoms with E-state index in [1.54, 1.807) is 41.8 Å². The van der Waals surface area contributed by atoms with E-state index < -0.39 is 0 Å². The van der Waals surface area contributed by atoms with Crippen molar-refractivity contribution < 1.29 is 0 Å². The molecule has 0 bridgehead atoms. The fourth-order valence-electron chi connectivity index (χ4n) is 3.29. The predicted molar refractivity (Wildman–Crippen MR) is 110 cm³/mol. The summed E-state index contributed by atoms with van der Waals surface area (Å²) in [4.78, 5) is 15.2. The van der Waals surface area contributed by atoms with E-state index in [0.29, 0.717) is 23.0 Å². The molecule has 1 aliphatic rings. The van der Waals surface area contributed by atoms with Gasteiger partial charge >= 0.3 is 0 Å². The molecule has 0 spiro atoms. The highest BCUT2D eigenvalue weighted by molar-refractivity contribution is 5.75. The summed E-state index contributed by atoms with van der Waals surface area (Å²) in [5.74, 6) is 1.66. The van der Waals surface area contributed by atoms with Crippen molar-refractivity contribution in [3.05, 3.63) is 66.9 Å². The van der Waals surface area contributed by atoms with E-state index in [2.05, 4.69) is 34.5 Å². The van der Waals surface area contributed by atoms with Gasteiger partial charge in [-0.05, 0) is 36.8 Å². The monoisotopic (exact) mass is 369 g/mol. The fourth-order valence-corrected chi connectivity index (χ4v) is 3.29. The van der Waals surface area contributed by atoms with Crippen LogP contribution < -0.4 is 10.6 Å². The van der Waals surface area contributed by atoms with Gasteiger partial charge in [0.2, 0.25) is 0 Å². The first kappa shape index (κ1) is 17.5. The molecule has 1 aliphatic heterocycles. The molecule has 7 heteroatoms. The molecule has 0 saturated heterocycles. The summed E-state index contributed by atoms with van der Waals surface area (Å²) in [6.07, 6.45) is 7.82. The number of hydrogen-bond acceptors (Lipinski definition) is 6. The van der Waals surface area contributed by atoms with Crippen molar-refractivity contribution in [2.45, 2.75) is 19.3 Å². The molecule has 4 rings (SSSR count). The van der Waals surface area contributed by atoms with Gasteiger partial charge in [0.25, 0.3) is 0 Å². The van der Waals surface area contributed by atoms with Crippen LogP contribution in [0, 0.1) is 11.3 Å². The second-order valence-corrected chi connectivity index (χ2v) is 6.59. The van der Waals surface area contributed by atoms with Crippen molar-refractivity contribution >= 4 is 29.2 Å². The molecule has 0 fully saturated rings. The minimum atomic E-state index is 0.311. The summed E-state index contributed by atoms with van der Waals surface area (Å²) in [6, 6.07) is 11.3. The number of aromatic nitrogens is 3. The topological polar surface area (TPSA) is 96.1 Å². The SMILES string of the molecule is C=CN(c1cc(C#N)cc(-n2cnc3c2N=CCC3C)c1)c1ncccc1N. The van der Waals surface area contributed by atoms with Crippen LogP contribution in [0.3, 0.4) is 0 Å². The normalized spacial score (nSPS) is 14.9. The van der Waals surface area contributed by atoms with Crippen molar-refractivity contribution in [2.24, 2.45) is 4.99 Å². The average Bonchev–Trinajstić information content (AvgIpc) is 3.15. The maximum Gasteiger partial charge on any atom is 0.160 e. The first-order chi connectivity index (χ1) is 13.6. The van der Waals surface area contributed by atoms with Gasteiger partial charge in [0.1, 0.15) is 6.33 Å². The number of nitriles is 1. The molecular formula is C21H19N7. The Morgan fingerprint density at radius 2 is 2.21 bits per heavy atom. The largest absolute Gasteiger partial charge is 0.396 e. The van der Waals surface area contributed by atoms with Crippen LogP contribution in [-0.4, -0.2) is 20.7 Å². The van der Waals surface area contributed by atoms with Crippen molar-refractivity contribution in [3.63, 3.8) is 0 Å². The maximum atomic E-state index is 9.55. The van der Waals surface area contributed by atoms with E-state index in [1.165, 1.54) is 0 Å². The number of pyridine rings is 1. The lowest BCUT2D eigenvalue weighted by atomic mass is 10.0. The lowest BCUT2D eigenvalue weighted by molar-refractivity contribution is 0.773. The molecule has 0 aliphatic carbocycles. The van der Waals surface area contributed by atoms with Crippen LogP contribution in [0.2, 0.25) is 0 Å². The van der Waals surface area contributed by atoms with Gasteiger partial charge in [-0.25, -0.2) is 15.0 Å². The number of aliphatic imine (C=N–C) groups is 1. The standard InChI is InChI=1S/C21H19N7/c1-3-27(20-18(23)5-4-7-24-20)16-9-15(12-22)10-17(11-16)28-13-26-19-14(2)6-8-25-21(19)28/h3-5,7-11,13-14H,1,6,23H2,2H3. The predicted octanol–water partition coefficient (Wildman–Crippen LogP) is 4.21. The highest BCUT2D eigenvalue weighted by Gasteiger charge is 2.21. The minimum absolute atomic E-state index is 0.311. The minimum Gasteiger partial charge on any atom is -0.396 e. The second kappa shape index (κ2) is 7.00. The number of benzene rings is 1. The maximum absolute atomic E-state index is 9.55. The second-order valence-electron chi connectivity index (χ2n) is 6.59. The summed E-state index contributed by atoms with van der Waals surface area (Å²) in [5, 5.41) is 9.55.